The number of benzene rings is 1. The van der Waals surface area contributed by atoms with Gasteiger partial charge < -0.3 is 19.9 Å². The summed E-state index contributed by atoms with van der Waals surface area (Å²) >= 11 is 0. The predicted octanol–water partition coefficient (Wildman–Crippen LogP) is 2.45. The molecule has 0 aliphatic heterocycles. The maximum atomic E-state index is 12.1. The van der Waals surface area contributed by atoms with Gasteiger partial charge in [-0.2, -0.15) is 0 Å². The summed E-state index contributed by atoms with van der Waals surface area (Å²) in [5.41, 5.74) is -0.820. The molecule has 0 spiro atoms. The van der Waals surface area contributed by atoms with Gasteiger partial charge in [-0.25, -0.2) is 9.59 Å². The molecule has 22 heavy (non-hydrogen) atoms. The number of alkyl carbamates (subject to hydrolysis) is 1. The summed E-state index contributed by atoms with van der Waals surface area (Å²) in [4.78, 5) is 23.9. The fraction of sp³-hybridized carbons (Fsp3) is 0.500. The summed E-state index contributed by atoms with van der Waals surface area (Å²) in [6, 6.07) is 5.21. The number of amides is 1. The molecule has 1 amide bonds. The quantitative estimate of drug-likeness (QED) is 0.896. The molecule has 1 aliphatic rings. The van der Waals surface area contributed by atoms with E-state index in [4.69, 9.17) is 9.47 Å². The van der Waals surface area contributed by atoms with E-state index in [1.54, 1.807) is 39.0 Å². The van der Waals surface area contributed by atoms with E-state index < -0.39 is 23.2 Å². The number of ether oxygens (including phenoxy) is 2. The van der Waals surface area contributed by atoms with Crippen molar-refractivity contribution in [3.8, 4) is 5.75 Å². The Balaban J connectivity index is 2.38. The van der Waals surface area contributed by atoms with Gasteiger partial charge in [-0.3, -0.25) is 0 Å². The Morgan fingerprint density at radius 1 is 1.32 bits per heavy atom. The van der Waals surface area contributed by atoms with Gasteiger partial charge in [0.15, 0.2) is 5.54 Å². The summed E-state index contributed by atoms with van der Waals surface area (Å²) in [5.74, 6) is -0.475. The van der Waals surface area contributed by atoms with E-state index in [9.17, 15) is 14.7 Å². The molecule has 1 aromatic rings. The molecule has 1 aliphatic carbocycles. The largest absolute Gasteiger partial charge is 0.496 e. The number of hydrogen-bond donors (Lipinski definition) is 2. The lowest BCUT2D eigenvalue weighted by Crippen LogP contribution is -2.51. The molecule has 6 heteroatoms. The number of nitrogens with one attached hydrogen (secondary N) is 1. The van der Waals surface area contributed by atoms with Crippen LogP contribution >= 0.6 is 0 Å². The van der Waals surface area contributed by atoms with Crippen LogP contribution in [0, 0.1) is 0 Å². The van der Waals surface area contributed by atoms with Gasteiger partial charge in [0, 0.05) is 5.56 Å². The SMILES string of the molecule is COc1cccc2c1CCC2(NC(=O)OC(C)(C)C)C(=O)O. The van der Waals surface area contributed by atoms with E-state index in [2.05, 4.69) is 5.32 Å². The molecule has 1 atom stereocenters. The molecule has 1 aromatic carbocycles. The van der Waals surface area contributed by atoms with E-state index in [-0.39, 0.29) is 6.42 Å². The summed E-state index contributed by atoms with van der Waals surface area (Å²) < 4.78 is 10.5. The van der Waals surface area contributed by atoms with Gasteiger partial charge in [0.1, 0.15) is 11.4 Å². The Labute approximate surface area is 129 Å². The molecular formula is C16H21NO5. The molecule has 0 fully saturated rings. The highest BCUT2D eigenvalue weighted by molar-refractivity contribution is 5.87. The van der Waals surface area contributed by atoms with Gasteiger partial charge in [-0.1, -0.05) is 12.1 Å². The number of carboxylic acids is 1. The molecule has 2 N–H and O–H groups in total. The number of hydrogen-bond acceptors (Lipinski definition) is 4. The monoisotopic (exact) mass is 307 g/mol. The van der Waals surface area contributed by atoms with Crippen molar-refractivity contribution in [1.29, 1.82) is 0 Å². The van der Waals surface area contributed by atoms with Crippen molar-refractivity contribution >= 4 is 12.1 Å². The minimum Gasteiger partial charge on any atom is -0.496 e. The first-order valence-electron chi connectivity index (χ1n) is 7.10. The first-order valence-corrected chi connectivity index (χ1v) is 7.10. The molecule has 0 bridgehead atoms. The van der Waals surface area contributed by atoms with Crippen LogP contribution < -0.4 is 10.1 Å². The second-order valence-electron chi connectivity index (χ2n) is 6.32. The van der Waals surface area contributed by atoms with Crippen molar-refractivity contribution in [2.45, 2.75) is 44.8 Å². The van der Waals surface area contributed by atoms with Gasteiger partial charge in [-0.05, 0) is 45.2 Å². The first kappa shape index (κ1) is 16.1. The summed E-state index contributed by atoms with van der Waals surface area (Å²) in [5, 5.41) is 12.2. The Kier molecular flexibility index (Phi) is 4.04. The predicted molar refractivity (Wildman–Crippen MR) is 80.0 cm³/mol. The van der Waals surface area contributed by atoms with E-state index in [1.165, 1.54) is 7.11 Å². The number of carbonyl (C=O) groups is 2. The summed E-state index contributed by atoms with van der Waals surface area (Å²) in [7, 11) is 1.54. The standard InChI is InChI=1S/C16H21NO5/c1-15(2,3)22-14(20)17-16(13(18)19)9-8-10-11(16)6-5-7-12(10)21-4/h5-7H,8-9H2,1-4H3,(H,17,20)(H,18,19). The fourth-order valence-corrected chi connectivity index (χ4v) is 2.75. The van der Waals surface area contributed by atoms with Gasteiger partial charge >= 0.3 is 12.1 Å². The third-order valence-corrected chi connectivity index (χ3v) is 3.64. The highest BCUT2D eigenvalue weighted by atomic mass is 16.6. The van der Waals surface area contributed by atoms with Gasteiger partial charge in [0.25, 0.3) is 0 Å². The normalized spacial score (nSPS) is 20.2. The van der Waals surface area contributed by atoms with E-state index in [0.717, 1.165) is 5.56 Å². The Bertz CT molecular complexity index is 605. The van der Waals surface area contributed by atoms with Crippen LogP contribution in [0.1, 0.15) is 38.3 Å². The van der Waals surface area contributed by atoms with Crippen molar-refractivity contribution in [2.24, 2.45) is 0 Å². The zero-order chi connectivity index (χ0) is 16.5. The zero-order valence-corrected chi connectivity index (χ0v) is 13.2. The highest BCUT2D eigenvalue weighted by Gasteiger charge is 2.48. The lowest BCUT2D eigenvalue weighted by molar-refractivity contribution is -0.145. The van der Waals surface area contributed by atoms with E-state index >= 15 is 0 Å². The van der Waals surface area contributed by atoms with Crippen LogP contribution in [-0.2, 0) is 21.5 Å². The van der Waals surface area contributed by atoms with Crippen molar-refractivity contribution in [2.75, 3.05) is 7.11 Å². The third-order valence-electron chi connectivity index (χ3n) is 3.64. The maximum Gasteiger partial charge on any atom is 0.408 e. The zero-order valence-electron chi connectivity index (χ0n) is 13.2. The van der Waals surface area contributed by atoms with Crippen LogP contribution in [0.2, 0.25) is 0 Å². The number of carboxylic acid groups (broad SMARTS) is 1. The van der Waals surface area contributed by atoms with Crippen LogP contribution in [0.5, 0.6) is 5.75 Å². The number of methoxy groups -OCH3 is 1. The summed E-state index contributed by atoms with van der Waals surface area (Å²) in [6.45, 7) is 5.18. The average molecular weight is 307 g/mol. The number of carbonyl (C=O) groups excluding carboxylic acids is 1. The molecule has 0 saturated carbocycles. The van der Waals surface area contributed by atoms with E-state index in [0.29, 0.717) is 17.7 Å². The molecule has 6 nitrogen and oxygen atoms in total. The van der Waals surface area contributed by atoms with Crippen molar-refractivity contribution in [3.05, 3.63) is 29.3 Å². The van der Waals surface area contributed by atoms with Crippen molar-refractivity contribution in [1.82, 2.24) is 5.32 Å². The number of rotatable bonds is 3. The molecule has 0 aromatic heterocycles. The maximum absolute atomic E-state index is 12.1. The molecule has 0 heterocycles. The average Bonchev–Trinajstić information content (AvgIpc) is 2.76. The molecular weight excluding hydrogens is 286 g/mol. The number of aliphatic carboxylic acids is 1. The van der Waals surface area contributed by atoms with Crippen LogP contribution in [-0.4, -0.2) is 29.9 Å². The first-order chi connectivity index (χ1) is 10.2. The second-order valence-corrected chi connectivity index (χ2v) is 6.32. The highest BCUT2D eigenvalue weighted by Crippen LogP contribution is 2.41. The Morgan fingerprint density at radius 3 is 2.55 bits per heavy atom. The molecule has 2 rings (SSSR count). The topological polar surface area (TPSA) is 84.9 Å². The number of fused-ring (bicyclic) bond motifs is 1. The van der Waals surface area contributed by atoms with Crippen molar-refractivity contribution in [3.63, 3.8) is 0 Å². The molecule has 0 radical (unpaired) electrons. The van der Waals surface area contributed by atoms with Crippen LogP contribution in [0.15, 0.2) is 18.2 Å². The lowest BCUT2D eigenvalue weighted by atomic mass is 9.92. The molecule has 0 saturated heterocycles. The smallest absolute Gasteiger partial charge is 0.408 e. The Hall–Kier alpha value is -2.24. The van der Waals surface area contributed by atoms with Crippen LogP contribution in [0.25, 0.3) is 0 Å². The summed E-state index contributed by atoms with van der Waals surface area (Å²) in [6.07, 6.45) is 0.0317. The third kappa shape index (κ3) is 2.86. The minimum atomic E-state index is -1.48. The van der Waals surface area contributed by atoms with E-state index in [1.807, 2.05) is 0 Å². The van der Waals surface area contributed by atoms with Crippen LogP contribution in [0.4, 0.5) is 4.79 Å². The molecule has 1 unspecified atom stereocenters. The van der Waals surface area contributed by atoms with Crippen molar-refractivity contribution < 1.29 is 24.2 Å². The van der Waals surface area contributed by atoms with Gasteiger partial charge in [0.2, 0.25) is 0 Å². The lowest BCUT2D eigenvalue weighted by Gasteiger charge is -2.29. The Morgan fingerprint density at radius 2 is 2.00 bits per heavy atom. The molecule has 120 valence electrons. The minimum absolute atomic E-state index is 0.261. The fourth-order valence-electron chi connectivity index (χ4n) is 2.75. The van der Waals surface area contributed by atoms with Crippen LogP contribution in [0.3, 0.4) is 0 Å². The second kappa shape index (κ2) is 5.51. The van der Waals surface area contributed by atoms with Gasteiger partial charge in [-0.15, -0.1) is 0 Å². The van der Waals surface area contributed by atoms with Gasteiger partial charge in [0.05, 0.1) is 7.11 Å².